The molecule has 9 heteroatoms. The molecule has 1 aliphatic heterocycles. The first-order valence-corrected chi connectivity index (χ1v) is 12.0. The number of hydrogen-bond donors (Lipinski definition) is 1. The first-order chi connectivity index (χ1) is 14.4. The van der Waals surface area contributed by atoms with Crippen molar-refractivity contribution in [2.24, 2.45) is 0 Å². The number of halogens is 1. The number of ether oxygens (including phenoxy) is 2. The highest BCUT2D eigenvalue weighted by Crippen LogP contribution is 2.18. The maximum absolute atomic E-state index is 12.6. The van der Waals surface area contributed by atoms with E-state index < -0.39 is 16.1 Å². The normalized spacial score (nSPS) is 16.1. The van der Waals surface area contributed by atoms with Crippen LogP contribution in [-0.2, 0) is 26.0 Å². The van der Waals surface area contributed by atoms with Crippen LogP contribution < -0.4 is 10.1 Å². The molecule has 1 unspecified atom stereocenters. The second-order valence-electron chi connectivity index (χ2n) is 6.92. The molecule has 2 aromatic carbocycles. The summed E-state index contributed by atoms with van der Waals surface area (Å²) in [6.45, 7) is 3.71. The average Bonchev–Trinajstić information content (AvgIpc) is 2.76. The summed E-state index contributed by atoms with van der Waals surface area (Å²) >= 11 is 3.36. The van der Waals surface area contributed by atoms with Crippen LogP contribution in [0.4, 0.5) is 0 Å². The van der Waals surface area contributed by atoms with Crippen molar-refractivity contribution in [3.63, 3.8) is 0 Å². The van der Waals surface area contributed by atoms with Crippen LogP contribution >= 0.6 is 15.9 Å². The van der Waals surface area contributed by atoms with Crippen LogP contribution in [0.2, 0.25) is 0 Å². The van der Waals surface area contributed by atoms with E-state index in [0.29, 0.717) is 45.0 Å². The number of sulfonamides is 1. The first kappa shape index (κ1) is 22.7. The Morgan fingerprint density at radius 3 is 2.40 bits per heavy atom. The Hall–Kier alpha value is -1.94. The van der Waals surface area contributed by atoms with Crippen molar-refractivity contribution >= 4 is 31.9 Å². The molecule has 1 N–H and O–H groups in total. The molecule has 1 aliphatic rings. The molecule has 1 saturated heterocycles. The fourth-order valence-corrected chi connectivity index (χ4v) is 4.68. The predicted octanol–water partition coefficient (Wildman–Crippen LogP) is 2.60. The van der Waals surface area contributed by atoms with Gasteiger partial charge in [-0.05, 0) is 55.3 Å². The number of morpholine rings is 1. The van der Waals surface area contributed by atoms with Gasteiger partial charge in [0.1, 0.15) is 5.75 Å². The van der Waals surface area contributed by atoms with Gasteiger partial charge in [0.15, 0.2) is 6.10 Å². The van der Waals surface area contributed by atoms with E-state index in [-0.39, 0.29) is 10.8 Å². The summed E-state index contributed by atoms with van der Waals surface area (Å²) in [5.41, 5.74) is 0.942. The number of carbonyl (C=O) groups is 1. The highest BCUT2D eigenvalue weighted by molar-refractivity contribution is 9.10. The Bertz CT molecular complexity index is 942. The second-order valence-corrected chi connectivity index (χ2v) is 9.77. The molecule has 0 aliphatic carbocycles. The molecule has 2 aromatic rings. The van der Waals surface area contributed by atoms with E-state index in [1.165, 1.54) is 4.31 Å². The zero-order chi connectivity index (χ0) is 21.6. The zero-order valence-electron chi connectivity index (χ0n) is 16.7. The number of amides is 1. The largest absolute Gasteiger partial charge is 0.481 e. The van der Waals surface area contributed by atoms with E-state index in [9.17, 15) is 13.2 Å². The molecular formula is C21H25BrN2O5S. The van der Waals surface area contributed by atoms with Gasteiger partial charge in [-0.1, -0.05) is 28.1 Å². The van der Waals surface area contributed by atoms with E-state index in [0.717, 1.165) is 10.0 Å². The Kier molecular flexibility index (Phi) is 7.87. The van der Waals surface area contributed by atoms with Crippen molar-refractivity contribution in [1.82, 2.24) is 9.62 Å². The quantitative estimate of drug-likeness (QED) is 0.606. The van der Waals surface area contributed by atoms with Crippen LogP contribution in [0.25, 0.3) is 0 Å². The smallest absolute Gasteiger partial charge is 0.260 e. The van der Waals surface area contributed by atoms with Gasteiger partial charge in [-0.25, -0.2) is 8.42 Å². The summed E-state index contributed by atoms with van der Waals surface area (Å²) in [5, 5.41) is 2.85. The molecule has 0 aromatic heterocycles. The van der Waals surface area contributed by atoms with Crippen LogP contribution in [-0.4, -0.2) is 57.6 Å². The van der Waals surface area contributed by atoms with Gasteiger partial charge in [-0.2, -0.15) is 4.31 Å². The average molecular weight is 497 g/mol. The van der Waals surface area contributed by atoms with Gasteiger partial charge < -0.3 is 14.8 Å². The second kappa shape index (κ2) is 10.4. The van der Waals surface area contributed by atoms with Crippen LogP contribution in [0.3, 0.4) is 0 Å². The molecule has 0 spiro atoms. The van der Waals surface area contributed by atoms with Crippen molar-refractivity contribution in [3.05, 3.63) is 58.6 Å². The summed E-state index contributed by atoms with van der Waals surface area (Å²) in [5.74, 6) is 0.419. The standard InChI is InChI=1S/C21H25BrN2O5S/c1-16(29-19-6-4-18(22)5-7-19)21(25)23-11-10-17-2-8-20(9-3-17)30(26,27)24-12-14-28-15-13-24/h2-9,16H,10-15H2,1H3,(H,23,25). The van der Waals surface area contributed by atoms with E-state index in [1.807, 2.05) is 12.1 Å². The lowest BCUT2D eigenvalue weighted by Crippen LogP contribution is -2.40. The minimum Gasteiger partial charge on any atom is -0.481 e. The number of nitrogens with one attached hydrogen (secondary N) is 1. The number of carbonyl (C=O) groups excluding carboxylic acids is 1. The van der Waals surface area contributed by atoms with Crippen molar-refractivity contribution in [2.75, 3.05) is 32.8 Å². The summed E-state index contributed by atoms with van der Waals surface area (Å²) in [6.07, 6.45) is -0.0264. The van der Waals surface area contributed by atoms with Crippen molar-refractivity contribution < 1.29 is 22.7 Å². The minimum atomic E-state index is -3.49. The predicted molar refractivity (Wildman–Crippen MR) is 117 cm³/mol. The van der Waals surface area contributed by atoms with Gasteiger partial charge in [0, 0.05) is 24.1 Å². The summed E-state index contributed by atoms with van der Waals surface area (Å²) in [6, 6.07) is 14.1. The molecule has 1 amide bonds. The molecular weight excluding hydrogens is 472 g/mol. The lowest BCUT2D eigenvalue weighted by Gasteiger charge is -2.26. The van der Waals surface area contributed by atoms with Gasteiger partial charge in [0.05, 0.1) is 18.1 Å². The van der Waals surface area contributed by atoms with Crippen LogP contribution in [0, 0.1) is 0 Å². The maximum atomic E-state index is 12.6. The third-order valence-electron chi connectivity index (χ3n) is 4.74. The summed E-state index contributed by atoms with van der Waals surface area (Å²) < 4.78 is 38.5. The topological polar surface area (TPSA) is 84.9 Å². The minimum absolute atomic E-state index is 0.204. The van der Waals surface area contributed by atoms with Crippen molar-refractivity contribution in [1.29, 1.82) is 0 Å². The highest BCUT2D eigenvalue weighted by Gasteiger charge is 2.26. The molecule has 1 atom stereocenters. The molecule has 0 bridgehead atoms. The highest BCUT2D eigenvalue weighted by atomic mass is 79.9. The molecule has 30 heavy (non-hydrogen) atoms. The Morgan fingerprint density at radius 1 is 1.13 bits per heavy atom. The molecule has 1 heterocycles. The molecule has 0 radical (unpaired) electrons. The fraction of sp³-hybridized carbons (Fsp3) is 0.381. The van der Waals surface area contributed by atoms with E-state index in [1.54, 1.807) is 43.3 Å². The van der Waals surface area contributed by atoms with Crippen LogP contribution in [0.15, 0.2) is 57.9 Å². The van der Waals surface area contributed by atoms with Crippen molar-refractivity contribution in [2.45, 2.75) is 24.3 Å². The SMILES string of the molecule is CC(Oc1ccc(Br)cc1)C(=O)NCCc1ccc(S(=O)(=O)N2CCOCC2)cc1. The van der Waals surface area contributed by atoms with Crippen LogP contribution in [0.1, 0.15) is 12.5 Å². The number of nitrogens with zero attached hydrogens (tertiary/aromatic N) is 1. The molecule has 162 valence electrons. The van der Waals surface area contributed by atoms with E-state index in [2.05, 4.69) is 21.2 Å². The van der Waals surface area contributed by atoms with E-state index in [4.69, 9.17) is 9.47 Å². The number of benzene rings is 2. The maximum Gasteiger partial charge on any atom is 0.260 e. The van der Waals surface area contributed by atoms with Gasteiger partial charge in [0.25, 0.3) is 5.91 Å². The lowest BCUT2D eigenvalue weighted by atomic mass is 10.1. The van der Waals surface area contributed by atoms with E-state index >= 15 is 0 Å². The third-order valence-corrected chi connectivity index (χ3v) is 7.18. The van der Waals surface area contributed by atoms with Gasteiger partial charge >= 0.3 is 0 Å². The van der Waals surface area contributed by atoms with Crippen LogP contribution in [0.5, 0.6) is 5.75 Å². The molecule has 0 saturated carbocycles. The molecule has 3 rings (SSSR count). The Morgan fingerprint density at radius 2 is 1.77 bits per heavy atom. The Labute approximate surface area is 185 Å². The zero-order valence-corrected chi connectivity index (χ0v) is 19.1. The fourth-order valence-electron chi connectivity index (χ4n) is 3.01. The summed E-state index contributed by atoms with van der Waals surface area (Å²) in [7, 11) is -3.49. The first-order valence-electron chi connectivity index (χ1n) is 9.73. The summed E-state index contributed by atoms with van der Waals surface area (Å²) in [4.78, 5) is 12.5. The van der Waals surface area contributed by atoms with Gasteiger partial charge in [0.2, 0.25) is 10.0 Å². The molecule has 7 nitrogen and oxygen atoms in total. The number of rotatable bonds is 8. The third kappa shape index (κ3) is 6.04. The Balaban J connectivity index is 1.47. The van der Waals surface area contributed by atoms with Gasteiger partial charge in [-0.15, -0.1) is 0 Å². The number of hydrogen-bond acceptors (Lipinski definition) is 5. The molecule has 1 fully saturated rings. The lowest BCUT2D eigenvalue weighted by molar-refractivity contribution is -0.127. The monoisotopic (exact) mass is 496 g/mol. The van der Waals surface area contributed by atoms with Gasteiger partial charge in [-0.3, -0.25) is 4.79 Å². The van der Waals surface area contributed by atoms with Crippen molar-refractivity contribution in [3.8, 4) is 5.75 Å².